The number of hydrogen-bond acceptors (Lipinski definition) is 3. The van der Waals surface area contributed by atoms with E-state index in [2.05, 4.69) is 15.4 Å². The van der Waals surface area contributed by atoms with E-state index in [0.717, 1.165) is 6.07 Å². The smallest absolute Gasteiger partial charge is 0.348 e. The van der Waals surface area contributed by atoms with Crippen molar-refractivity contribution in [1.29, 1.82) is 0 Å². The minimum absolute atomic E-state index is 0.0489. The number of nitrogens with zero attached hydrogens (tertiary/aromatic N) is 3. The molecule has 0 radical (unpaired) electrons. The van der Waals surface area contributed by atoms with Gasteiger partial charge in [-0.15, -0.1) is 0 Å². The van der Waals surface area contributed by atoms with E-state index < -0.39 is 23.7 Å². The SMILES string of the molecule is Cc1cc(C(F)(F)C(F)(F)F)n2nc(C(=O)NC(C)C)cc2n1. The van der Waals surface area contributed by atoms with Gasteiger partial charge >= 0.3 is 12.1 Å². The van der Waals surface area contributed by atoms with E-state index >= 15 is 0 Å². The van der Waals surface area contributed by atoms with Crippen LogP contribution < -0.4 is 5.32 Å². The number of halogens is 5. The van der Waals surface area contributed by atoms with Crippen LogP contribution in [0.2, 0.25) is 0 Å². The Morgan fingerprint density at radius 1 is 1.22 bits per heavy atom. The van der Waals surface area contributed by atoms with E-state index in [1.54, 1.807) is 13.8 Å². The molecule has 0 spiro atoms. The molecule has 2 aromatic rings. The molecule has 10 heteroatoms. The van der Waals surface area contributed by atoms with Crippen LogP contribution in [0.4, 0.5) is 22.0 Å². The Bertz CT molecular complexity index is 751. The van der Waals surface area contributed by atoms with Gasteiger partial charge in [-0.1, -0.05) is 0 Å². The van der Waals surface area contributed by atoms with Crippen molar-refractivity contribution in [3.05, 3.63) is 29.2 Å². The van der Waals surface area contributed by atoms with E-state index in [0.29, 0.717) is 10.6 Å². The van der Waals surface area contributed by atoms with Crippen LogP contribution in [0.3, 0.4) is 0 Å². The maximum Gasteiger partial charge on any atom is 0.459 e. The summed E-state index contributed by atoms with van der Waals surface area (Å²) in [6.07, 6.45) is -5.79. The molecule has 23 heavy (non-hydrogen) atoms. The summed E-state index contributed by atoms with van der Waals surface area (Å²) >= 11 is 0. The number of alkyl halides is 5. The number of aryl methyl sites for hydroxylation is 1. The van der Waals surface area contributed by atoms with Crippen molar-refractivity contribution in [2.24, 2.45) is 0 Å². The molecule has 0 bridgehead atoms. The summed E-state index contributed by atoms with van der Waals surface area (Å²) in [4.78, 5) is 15.7. The first-order valence-electron chi connectivity index (χ1n) is 6.57. The third kappa shape index (κ3) is 3.10. The highest BCUT2D eigenvalue weighted by Crippen LogP contribution is 2.43. The Labute approximate surface area is 127 Å². The first kappa shape index (κ1) is 17.1. The fourth-order valence-corrected chi connectivity index (χ4v) is 1.92. The minimum Gasteiger partial charge on any atom is -0.348 e. The Morgan fingerprint density at radius 3 is 2.35 bits per heavy atom. The number of aromatic nitrogens is 3. The molecule has 0 aromatic carbocycles. The van der Waals surface area contributed by atoms with Crippen LogP contribution in [-0.2, 0) is 5.92 Å². The van der Waals surface area contributed by atoms with Gasteiger partial charge in [0.25, 0.3) is 5.91 Å². The molecule has 0 saturated heterocycles. The van der Waals surface area contributed by atoms with Crippen molar-refractivity contribution in [2.45, 2.75) is 38.9 Å². The second-order valence-electron chi connectivity index (χ2n) is 5.28. The molecular formula is C13H13F5N4O. The van der Waals surface area contributed by atoms with Gasteiger partial charge in [0.2, 0.25) is 0 Å². The van der Waals surface area contributed by atoms with Gasteiger partial charge in [0.1, 0.15) is 5.69 Å². The Hall–Kier alpha value is -2.26. The van der Waals surface area contributed by atoms with Crippen molar-refractivity contribution < 1.29 is 26.7 Å². The summed E-state index contributed by atoms with van der Waals surface area (Å²) in [7, 11) is 0. The highest BCUT2D eigenvalue weighted by Gasteiger charge is 2.60. The predicted molar refractivity (Wildman–Crippen MR) is 70.3 cm³/mol. The molecule has 0 atom stereocenters. The fraction of sp³-hybridized carbons (Fsp3) is 0.462. The van der Waals surface area contributed by atoms with Crippen molar-refractivity contribution in [2.75, 3.05) is 0 Å². The lowest BCUT2D eigenvalue weighted by atomic mass is 10.2. The second-order valence-corrected chi connectivity index (χ2v) is 5.28. The van der Waals surface area contributed by atoms with Crippen LogP contribution in [0.15, 0.2) is 12.1 Å². The Kier molecular flexibility index (Phi) is 4.03. The molecular weight excluding hydrogens is 323 g/mol. The van der Waals surface area contributed by atoms with E-state index in [4.69, 9.17) is 0 Å². The monoisotopic (exact) mass is 336 g/mol. The number of carbonyl (C=O) groups excluding carboxylic acids is 1. The zero-order valence-corrected chi connectivity index (χ0v) is 12.4. The fourth-order valence-electron chi connectivity index (χ4n) is 1.92. The lowest BCUT2D eigenvalue weighted by Crippen LogP contribution is -2.36. The maximum atomic E-state index is 13.7. The van der Waals surface area contributed by atoms with Gasteiger partial charge in [0.15, 0.2) is 11.3 Å². The lowest BCUT2D eigenvalue weighted by Gasteiger charge is -2.20. The molecule has 2 heterocycles. The largest absolute Gasteiger partial charge is 0.459 e. The van der Waals surface area contributed by atoms with Crippen molar-refractivity contribution in [3.8, 4) is 0 Å². The summed E-state index contributed by atoms with van der Waals surface area (Å²) in [5.74, 6) is -5.82. The topological polar surface area (TPSA) is 59.3 Å². The average molecular weight is 336 g/mol. The van der Waals surface area contributed by atoms with Gasteiger partial charge < -0.3 is 5.32 Å². The molecule has 126 valence electrons. The number of rotatable bonds is 3. The van der Waals surface area contributed by atoms with E-state index in [-0.39, 0.29) is 23.1 Å². The second kappa shape index (κ2) is 5.43. The van der Waals surface area contributed by atoms with E-state index in [9.17, 15) is 26.7 Å². The minimum atomic E-state index is -5.79. The third-order valence-electron chi connectivity index (χ3n) is 2.89. The van der Waals surface area contributed by atoms with Gasteiger partial charge in [-0.05, 0) is 26.8 Å². The zero-order valence-electron chi connectivity index (χ0n) is 12.4. The number of carbonyl (C=O) groups is 1. The summed E-state index contributed by atoms with van der Waals surface area (Å²) in [6.45, 7) is 4.61. The van der Waals surface area contributed by atoms with Crippen LogP contribution in [0.1, 0.15) is 35.7 Å². The summed E-state index contributed by atoms with van der Waals surface area (Å²) in [6, 6.07) is 1.40. The van der Waals surface area contributed by atoms with Gasteiger partial charge in [-0.3, -0.25) is 4.79 Å². The lowest BCUT2D eigenvalue weighted by molar-refractivity contribution is -0.291. The third-order valence-corrected chi connectivity index (χ3v) is 2.89. The van der Waals surface area contributed by atoms with Crippen LogP contribution in [0, 0.1) is 6.92 Å². The number of nitrogens with one attached hydrogen (secondary N) is 1. The van der Waals surface area contributed by atoms with Gasteiger partial charge in [0, 0.05) is 17.8 Å². The quantitative estimate of drug-likeness (QED) is 0.877. The molecule has 2 rings (SSSR count). The molecule has 0 fully saturated rings. The van der Waals surface area contributed by atoms with Gasteiger partial charge in [-0.2, -0.15) is 27.1 Å². The van der Waals surface area contributed by atoms with Crippen LogP contribution in [0.25, 0.3) is 5.65 Å². The highest BCUT2D eigenvalue weighted by atomic mass is 19.4. The first-order valence-corrected chi connectivity index (χ1v) is 6.57. The molecule has 0 unspecified atom stereocenters. The number of fused-ring (bicyclic) bond motifs is 1. The molecule has 0 aliphatic heterocycles. The van der Waals surface area contributed by atoms with Crippen LogP contribution in [0.5, 0.6) is 0 Å². The van der Waals surface area contributed by atoms with E-state index in [1.165, 1.54) is 6.92 Å². The average Bonchev–Trinajstić information content (AvgIpc) is 2.79. The van der Waals surface area contributed by atoms with E-state index in [1.807, 2.05) is 0 Å². The molecule has 0 saturated carbocycles. The van der Waals surface area contributed by atoms with Crippen LogP contribution in [-0.4, -0.2) is 32.7 Å². The summed E-state index contributed by atoms with van der Waals surface area (Å²) < 4.78 is 65.6. The first-order chi connectivity index (χ1) is 10.4. The Morgan fingerprint density at radius 2 is 1.83 bits per heavy atom. The Balaban J connectivity index is 2.63. The highest BCUT2D eigenvalue weighted by molar-refractivity contribution is 5.93. The predicted octanol–water partition coefficient (Wildman–Crippen LogP) is 2.83. The number of amides is 1. The summed E-state index contributed by atoms with van der Waals surface area (Å²) in [5.41, 5.74) is -2.00. The molecule has 2 aromatic heterocycles. The summed E-state index contributed by atoms with van der Waals surface area (Å²) in [5, 5.41) is 6.02. The zero-order chi connectivity index (χ0) is 17.6. The van der Waals surface area contributed by atoms with Crippen molar-refractivity contribution in [1.82, 2.24) is 19.9 Å². The maximum absolute atomic E-state index is 13.7. The van der Waals surface area contributed by atoms with Gasteiger partial charge in [-0.25, -0.2) is 9.50 Å². The van der Waals surface area contributed by atoms with Crippen LogP contribution >= 0.6 is 0 Å². The molecule has 0 aliphatic rings. The molecule has 0 aliphatic carbocycles. The van der Waals surface area contributed by atoms with Gasteiger partial charge in [0.05, 0.1) is 0 Å². The normalized spacial score (nSPS) is 12.9. The number of hydrogen-bond donors (Lipinski definition) is 1. The molecule has 1 amide bonds. The molecule has 5 nitrogen and oxygen atoms in total. The van der Waals surface area contributed by atoms with Crippen molar-refractivity contribution >= 4 is 11.6 Å². The standard InChI is InChI=1S/C13H13F5N4O/c1-6(2)19-11(23)8-5-10-20-7(3)4-9(22(10)21-8)12(14,15)13(16,17)18/h4-6H,1-3H3,(H,19,23). The van der Waals surface area contributed by atoms with Crippen molar-refractivity contribution in [3.63, 3.8) is 0 Å². The molecule has 1 N–H and O–H groups in total.